The highest BCUT2D eigenvalue weighted by molar-refractivity contribution is 5.67. The Morgan fingerprint density at radius 2 is 1.87 bits per heavy atom. The fourth-order valence-corrected chi connectivity index (χ4v) is 1.28. The van der Waals surface area contributed by atoms with Crippen LogP contribution in [0.2, 0.25) is 0 Å². The van der Waals surface area contributed by atoms with Gasteiger partial charge in [-0.3, -0.25) is 9.78 Å². The standard InChI is InChI=1S/C10H13NO4/c1-14-8-5-11-6-9(15-2)7(8)3-4-10(12)13/h5-6H,3-4H2,1-2H3,(H,12,13). The molecule has 0 saturated carbocycles. The van der Waals surface area contributed by atoms with Crippen molar-refractivity contribution >= 4 is 5.97 Å². The quantitative estimate of drug-likeness (QED) is 0.790. The Labute approximate surface area is 87.7 Å². The molecule has 82 valence electrons. The highest BCUT2D eigenvalue weighted by Gasteiger charge is 2.11. The summed E-state index contributed by atoms with van der Waals surface area (Å²) in [7, 11) is 3.03. The molecule has 5 heteroatoms. The van der Waals surface area contributed by atoms with Gasteiger partial charge in [0.1, 0.15) is 11.5 Å². The number of carboxylic acids is 1. The Morgan fingerprint density at radius 3 is 2.27 bits per heavy atom. The Morgan fingerprint density at radius 1 is 1.33 bits per heavy atom. The zero-order valence-electron chi connectivity index (χ0n) is 8.69. The van der Waals surface area contributed by atoms with Gasteiger partial charge in [-0.2, -0.15) is 0 Å². The molecule has 0 aromatic carbocycles. The number of carboxylic acid groups (broad SMARTS) is 1. The molecule has 1 aromatic heterocycles. The lowest BCUT2D eigenvalue weighted by atomic mass is 10.1. The molecular weight excluding hydrogens is 198 g/mol. The molecule has 0 unspecified atom stereocenters. The van der Waals surface area contributed by atoms with Crippen LogP contribution in [0.1, 0.15) is 12.0 Å². The molecule has 0 amide bonds. The number of hydrogen-bond acceptors (Lipinski definition) is 4. The van der Waals surface area contributed by atoms with Gasteiger partial charge in [-0.15, -0.1) is 0 Å². The number of pyridine rings is 1. The molecule has 1 N–H and O–H groups in total. The van der Waals surface area contributed by atoms with Crippen molar-refractivity contribution < 1.29 is 19.4 Å². The van der Waals surface area contributed by atoms with Crippen LogP contribution in [0, 0.1) is 0 Å². The number of methoxy groups -OCH3 is 2. The first kappa shape index (κ1) is 11.3. The van der Waals surface area contributed by atoms with Gasteiger partial charge in [-0.25, -0.2) is 0 Å². The predicted octanol–water partition coefficient (Wildman–Crippen LogP) is 1.12. The van der Waals surface area contributed by atoms with E-state index in [2.05, 4.69) is 4.98 Å². The topological polar surface area (TPSA) is 68.7 Å². The van der Waals surface area contributed by atoms with Crippen molar-refractivity contribution in [2.24, 2.45) is 0 Å². The number of aliphatic carboxylic acids is 1. The van der Waals surface area contributed by atoms with E-state index in [0.29, 0.717) is 17.9 Å². The Balaban J connectivity index is 2.94. The molecule has 0 spiro atoms. The number of hydrogen-bond donors (Lipinski definition) is 1. The summed E-state index contributed by atoms with van der Waals surface area (Å²) >= 11 is 0. The second-order valence-corrected chi connectivity index (χ2v) is 2.92. The van der Waals surface area contributed by atoms with Gasteiger partial charge in [0.25, 0.3) is 0 Å². The summed E-state index contributed by atoms with van der Waals surface area (Å²) in [5.41, 5.74) is 0.734. The lowest BCUT2D eigenvalue weighted by Crippen LogP contribution is -2.02. The van der Waals surface area contributed by atoms with Gasteiger partial charge < -0.3 is 14.6 Å². The fourth-order valence-electron chi connectivity index (χ4n) is 1.28. The van der Waals surface area contributed by atoms with Crippen molar-refractivity contribution in [1.82, 2.24) is 4.98 Å². The van der Waals surface area contributed by atoms with Crippen molar-refractivity contribution in [3.8, 4) is 11.5 Å². The monoisotopic (exact) mass is 211 g/mol. The van der Waals surface area contributed by atoms with E-state index in [-0.39, 0.29) is 6.42 Å². The summed E-state index contributed by atoms with van der Waals surface area (Å²) in [6.07, 6.45) is 3.49. The van der Waals surface area contributed by atoms with E-state index in [4.69, 9.17) is 14.6 Å². The molecule has 0 fully saturated rings. The molecule has 0 aliphatic rings. The van der Waals surface area contributed by atoms with E-state index in [9.17, 15) is 4.79 Å². The smallest absolute Gasteiger partial charge is 0.303 e. The highest BCUT2D eigenvalue weighted by Crippen LogP contribution is 2.27. The fraction of sp³-hybridized carbons (Fsp3) is 0.400. The van der Waals surface area contributed by atoms with Gasteiger partial charge in [-0.1, -0.05) is 0 Å². The van der Waals surface area contributed by atoms with Crippen molar-refractivity contribution in [2.75, 3.05) is 14.2 Å². The maximum Gasteiger partial charge on any atom is 0.303 e. The number of aromatic nitrogens is 1. The van der Waals surface area contributed by atoms with E-state index >= 15 is 0 Å². The summed E-state index contributed by atoms with van der Waals surface area (Å²) < 4.78 is 10.2. The van der Waals surface area contributed by atoms with E-state index in [1.165, 1.54) is 14.2 Å². The molecule has 0 bridgehead atoms. The lowest BCUT2D eigenvalue weighted by molar-refractivity contribution is -0.136. The van der Waals surface area contributed by atoms with Crippen LogP contribution in [0.25, 0.3) is 0 Å². The molecule has 15 heavy (non-hydrogen) atoms. The largest absolute Gasteiger partial charge is 0.495 e. The van der Waals surface area contributed by atoms with Crippen LogP contribution in [-0.2, 0) is 11.2 Å². The van der Waals surface area contributed by atoms with Gasteiger partial charge in [0.05, 0.1) is 26.6 Å². The Bertz CT molecular complexity index is 329. The van der Waals surface area contributed by atoms with Crippen LogP contribution in [-0.4, -0.2) is 30.3 Å². The Hall–Kier alpha value is -1.78. The zero-order chi connectivity index (χ0) is 11.3. The van der Waals surface area contributed by atoms with E-state index in [1.807, 2.05) is 0 Å². The minimum atomic E-state index is -0.851. The lowest BCUT2D eigenvalue weighted by Gasteiger charge is -2.10. The molecular formula is C10H13NO4. The van der Waals surface area contributed by atoms with Crippen molar-refractivity contribution in [2.45, 2.75) is 12.8 Å². The first-order chi connectivity index (χ1) is 7.19. The first-order valence-electron chi connectivity index (χ1n) is 4.45. The summed E-state index contributed by atoms with van der Waals surface area (Å²) in [5, 5.41) is 8.60. The SMILES string of the molecule is COc1cncc(OC)c1CCC(=O)O. The van der Waals surface area contributed by atoms with Crippen LogP contribution in [0.5, 0.6) is 11.5 Å². The molecule has 1 heterocycles. The normalized spacial score (nSPS) is 9.73. The van der Waals surface area contributed by atoms with Gasteiger partial charge in [0, 0.05) is 12.0 Å². The number of rotatable bonds is 5. The summed E-state index contributed by atoms with van der Waals surface area (Å²) in [5.74, 6) is 0.252. The van der Waals surface area contributed by atoms with Crippen LogP contribution in [0.15, 0.2) is 12.4 Å². The molecule has 0 aliphatic carbocycles. The molecule has 1 aromatic rings. The molecule has 0 radical (unpaired) electrons. The summed E-state index contributed by atoms with van der Waals surface area (Å²) in [4.78, 5) is 14.4. The summed E-state index contributed by atoms with van der Waals surface area (Å²) in [6.45, 7) is 0. The average Bonchev–Trinajstić information content (AvgIpc) is 2.25. The third-order valence-electron chi connectivity index (χ3n) is 2.01. The second-order valence-electron chi connectivity index (χ2n) is 2.92. The molecule has 1 rings (SSSR count). The molecule has 0 aliphatic heterocycles. The van der Waals surface area contributed by atoms with Gasteiger partial charge >= 0.3 is 5.97 Å². The van der Waals surface area contributed by atoms with E-state index in [0.717, 1.165) is 5.56 Å². The van der Waals surface area contributed by atoms with Crippen LogP contribution >= 0.6 is 0 Å². The van der Waals surface area contributed by atoms with Gasteiger partial charge in [0.15, 0.2) is 0 Å². The van der Waals surface area contributed by atoms with E-state index < -0.39 is 5.97 Å². The van der Waals surface area contributed by atoms with E-state index in [1.54, 1.807) is 12.4 Å². The van der Waals surface area contributed by atoms with Gasteiger partial charge in [0.2, 0.25) is 0 Å². The highest BCUT2D eigenvalue weighted by atomic mass is 16.5. The van der Waals surface area contributed by atoms with Crippen LogP contribution < -0.4 is 9.47 Å². The Kier molecular flexibility index (Phi) is 3.91. The first-order valence-corrected chi connectivity index (χ1v) is 4.45. The average molecular weight is 211 g/mol. The van der Waals surface area contributed by atoms with Crippen LogP contribution in [0.3, 0.4) is 0 Å². The van der Waals surface area contributed by atoms with Crippen molar-refractivity contribution in [1.29, 1.82) is 0 Å². The summed E-state index contributed by atoms with van der Waals surface area (Å²) in [6, 6.07) is 0. The van der Waals surface area contributed by atoms with Crippen molar-refractivity contribution in [3.63, 3.8) is 0 Å². The van der Waals surface area contributed by atoms with Crippen LogP contribution in [0.4, 0.5) is 0 Å². The molecule has 5 nitrogen and oxygen atoms in total. The minimum absolute atomic E-state index is 0.0384. The maximum atomic E-state index is 10.5. The zero-order valence-corrected chi connectivity index (χ0v) is 8.69. The second kappa shape index (κ2) is 5.19. The number of ether oxygens (including phenoxy) is 2. The molecule has 0 atom stereocenters. The maximum absolute atomic E-state index is 10.5. The third kappa shape index (κ3) is 2.83. The van der Waals surface area contributed by atoms with Gasteiger partial charge in [-0.05, 0) is 6.42 Å². The predicted molar refractivity (Wildman–Crippen MR) is 53.3 cm³/mol. The van der Waals surface area contributed by atoms with Crippen molar-refractivity contribution in [3.05, 3.63) is 18.0 Å². The third-order valence-corrected chi connectivity index (χ3v) is 2.01. The number of nitrogens with zero attached hydrogens (tertiary/aromatic N) is 1. The minimum Gasteiger partial charge on any atom is -0.495 e. The number of carbonyl (C=O) groups is 1. The molecule has 0 saturated heterocycles.